The topological polar surface area (TPSA) is 20.3 Å². The molecule has 1 spiro atoms. The molecule has 0 aromatic rings. The minimum Gasteiger partial charge on any atom is -0.300 e. The average molecular weight is 227 g/mol. The summed E-state index contributed by atoms with van der Waals surface area (Å²) in [5, 5.41) is 0. The number of likely N-dealkylation sites (tertiary alicyclic amines) is 1. The summed E-state index contributed by atoms with van der Waals surface area (Å²) < 4.78 is 11.2. The lowest BCUT2D eigenvalue weighted by molar-refractivity contribution is 0.0930. The first-order chi connectivity index (χ1) is 7.27. The third kappa shape index (κ3) is 1.89. The molecule has 1 aliphatic carbocycles. The van der Waals surface area contributed by atoms with Gasteiger partial charge in [0.15, 0.2) is 0 Å². The zero-order valence-corrected chi connectivity index (χ0v) is 10.2. The van der Waals surface area contributed by atoms with Crippen molar-refractivity contribution in [3.05, 3.63) is 0 Å². The van der Waals surface area contributed by atoms with Crippen LogP contribution < -0.4 is 0 Å². The molecule has 86 valence electrons. The van der Waals surface area contributed by atoms with E-state index >= 15 is 0 Å². The lowest BCUT2D eigenvalue weighted by atomic mass is 9.81. The zero-order chi connectivity index (χ0) is 10.3. The molecule has 2 nitrogen and oxygen atoms in total. The minimum absolute atomic E-state index is 0.461. The van der Waals surface area contributed by atoms with Crippen molar-refractivity contribution in [2.24, 2.45) is 5.41 Å². The van der Waals surface area contributed by atoms with Gasteiger partial charge in [0.2, 0.25) is 0 Å². The van der Waals surface area contributed by atoms with E-state index < -0.39 is 10.8 Å². The van der Waals surface area contributed by atoms with Gasteiger partial charge in [0.25, 0.3) is 0 Å². The van der Waals surface area contributed by atoms with E-state index in [1.807, 2.05) is 0 Å². The fourth-order valence-electron chi connectivity index (χ4n) is 3.56. The Morgan fingerprint density at radius 3 is 2.20 bits per heavy atom. The molecule has 0 aromatic heterocycles. The summed E-state index contributed by atoms with van der Waals surface area (Å²) in [4.78, 5) is 2.71. The van der Waals surface area contributed by atoms with Crippen LogP contribution in [0.3, 0.4) is 0 Å². The van der Waals surface area contributed by atoms with Crippen molar-refractivity contribution < 1.29 is 4.21 Å². The fourth-order valence-corrected chi connectivity index (χ4v) is 5.42. The standard InChI is InChI=1S/C12H21NOS/c14-15-9-12(10-15)5-7-13(8-6-12)11-3-1-2-4-11/h11H,1-10H2. The van der Waals surface area contributed by atoms with Crippen LogP contribution in [0.1, 0.15) is 38.5 Å². The Bertz CT molecular complexity index is 255. The molecular formula is C12H21NOS. The quantitative estimate of drug-likeness (QED) is 0.680. The fraction of sp³-hybridized carbons (Fsp3) is 1.00. The van der Waals surface area contributed by atoms with Crippen molar-refractivity contribution in [3.8, 4) is 0 Å². The largest absolute Gasteiger partial charge is 0.300 e. The lowest BCUT2D eigenvalue weighted by Gasteiger charge is -2.48. The van der Waals surface area contributed by atoms with E-state index in [9.17, 15) is 4.21 Å². The summed E-state index contributed by atoms with van der Waals surface area (Å²) in [6.07, 6.45) is 8.37. The van der Waals surface area contributed by atoms with Gasteiger partial charge < -0.3 is 4.90 Å². The van der Waals surface area contributed by atoms with Gasteiger partial charge >= 0.3 is 0 Å². The summed E-state index contributed by atoms with van der Waals surface area (Å²) in [7, 11) is -0.461. The highest BCUT2D eigenvalue weighted by Crippen LogP contribution is 2.41. The van der Waals surface area contributed by atoms with E-state index in [0.29, 0.717) is 5.41 Å². The van der Waals surface area contributed by atoms with Crippen LogP contribution in [0, 0.1) is 5.41 Å². The predicted molar refractivity (Wildman–Crippen MR) is 63.4 cm³/mol. The van der Waals surface area contributed by atoms with Crippen molar-refractivity contribution in [2.45, 2.75) is 44.6 Å². The lowest BCUT2D eigenvalue weighted by Crippen LogP contribution is -2.53. The molecule has 3 fully saturated rings. The molecule has 0 unspecified atom stereocenters. The molecule has 3 aliphatic rings. The highest BCUT2D eigenvalue weighted by molar-refractivity contribution is 7.86. The molecule has 2 aliphatic heterocycles. The van der Waals surface area contributed by atoms with E-state index in [2.05, 4.69) is 4.90 Å². The van der Waals surface area contributed by atoms with Crippen LogP contribution in [-0.4, -0.2) is 39.7 Å². The third-order valence-electron chi connectivity index (χ3n) is 4.63. The van der Waals surface area contributed by atoms with Gasteiger partial charge in [-0.25, -0.2) is 0 Å². The zero-order valence-electron chi connectivity index (χ0n) is 9.41. The Morgan fingerprint density at radius 2 is 1.67 bits per heavy atom. The summed E-state index contributed by atoms with van der Waals surface area (Å²) in [6, 6.07) is 0.896. The van der Waals surface area contributed by atoms with Crippen molar-refractivity contribution in [3.63, 3.8) is 0 Å². The first-order valence-corrected chi connectivity index (χ1v) is 7.85. The molecular weight excluding hydrogens is 206 g/mol. The van der Waals surface area contributed by atoms with Gasteiger partial charge in [-0.2, -0.15) is 0 Å². The highest BCUT2D eigenvalue weighted by Gasteiger charge is 2.45. The molecule has 0 radical (unpaired) electrons. The van der Waals surface area contributed by atoms with E-state index in [-0.39, 0.29) is 0 Å². The number of piperidine rings is 1. The smallest absolute Gasteiger partial charge is 0.0301 e. The third-order valence-corrected chi connectivity index (χ3v) is 6.50. The van der Waals surface area contributed by atoms with Crippen molar-refractivity contribution in [1.29, 1.82) is 0 Å². The summed E-state index contributed by atoms with van der Waals surface area (Å²) in [6.45, 7) is 2.56. The minimum atomic E-state index is -0.461. The number of nitrogens with zero attached hydrogens (tertiary/aromatic N) is 1. The molecule has 0 atom stereocenters. The Hall–Kier alpha value is 0.110. The van der Waals surface area contributed by atoms with Crippen LogP contribution in [0.15, 0.2) is 0 Å². The normalized spacial score (nSPS) is 33.3. The van der Waals surface area contributed by atoms with Gasteiger partial charge in [-0.1, -0.05) is 12.8 Å². The SMILES string of the molecule is O=S1CC2(CCN(C3CCCC3)CC2)C1. The molecule has 3 rings (SSSR count). The molecule has 0 amide bonds. The molecule has 0 aromatic carbocycles. The Labute approximate surface area is 94.9 Å². The second-order valence-electron chi connectivity index (χ2n) is 5.70. The van der Waals surface area contributed by atoms with Crippen molar-refractivity contribution in [2.75, 3.05) is 24.6 Å². The van der Waals surface area contributed by atoms with E-state index in [4.69, 9.17) is 0 Å². The van der Waals surface area contributed by atoms with E-state index in [1.165, 1.54) is 51.6 Å². The number of hydrogen-bond donors (Lipinski definition) is 0. The van der Waals surface area contributed by atoms with Gasteiger partial charge in [-0.3, -0.25) is 4.21 Å². The molecule has 1 saturated carbocycles. The maximum atomic E-state index is 11.2. The van der Waals surface area contributed by atoms with Crippen LogP contribution in [0.2, 0.25) is 0 Å². The second kappa shape index (κ2) is 3.85. The molecule has 0 bridgehead atoms. The summed E-state index contributed by atoms with van der Waals surface area (Å²) >= 11 is 0. The molecule has 15 heavy (non-hydrogen) atoms. The van der Waals surface area contributed by atoms with Crippen molar-refractivity contribution >= 4 is 10.8 Å². The predicted octanol–water partition coefficient (Wildman–Crippen LogP) is 1.77. The molecule has 2 saturated heterocycles. The summed E-state index contributed by atoms with van der Waals surface area (Å²) in [5.74, 6) is 2.01. The second-order valence-corrected chi connectivity index (χ2v) is 7.16. The average Bonchev–Trinajstić information content (AvgIpc) is 2.70. The Morgan fingerprint density at radius 1 is 1.07 bits per heavy atom. The van der Waals surface area contributed by atoms with Gasteiger partial charge in [0, 0.05) is 28.3 Å². The number of rotatable bonds is 1. The van der Waals surface area contributed by atoms with Gasteiger partial charge in [0.1, 0.15) is 0 Å². The monoisotopic (exact) mass is 227 g/mol. The summed E-state index contributed by atoms with van der Waals surface area (Å²) in [5.41, 5.74) is 0.514. The Balaban J connectivity index is 1.54. The molecule has 3 heteroatoms. The van der Waals surface area contributed by atoms with E-state index in [0.717, 1.165) is 17.5 Å². The van der Waals surface area contributed by atoms with Gasteiger partial charge in [-0.05, 0) is 44.2 Å². The molecule has 0 N–H and O–H groups in total. The van der Waals surface area contributed by atoms with Gasteiger partial charge in [0.05, 0.1) is 0 Å². The first-order valence-electron chi connectivity index (χ1n) is 6.37. The maximum Gasteiger partial charge on any atom is 0.0301 e. The van der Waals surface area contributed by atoms with Crippen molar-refractivity contribution in [1.82, 2.24) is 4.90 Å². The molecule has 2 heterocycles. The van der Waals surface area contributed by atoms with Gasteiger partial charge in [-0.15, -0.1) is 0 Å². The maximum absolute atomic E-state index is 11.2. The van der Waals surface area contributed by atoms with Crippen LogP contribution in [0.4, 0.5) is 0 Å². The highest BCUT2D eigenvalue weighted by atomic mass is 32.2. The Kier molecular flexibility index (Phi) is 2.63. The van der Waals surface area contributed by atoms with Crippen LogP contribution in [-0.2, 0) is 10.8 Å². The van der Waals surface area contributed by atoms with E-state index in [1.54, 1.807) is 0 Å². The van der Waals surface area contributed by atoms with Crippen LogP contribution >= 0.6 is 0 Å². The van der Waals surface area contributed by atoms with Crippen LogP contribution in [0.25, 0.3) is 0 Å². The number of hydrogen-bond acceptors (Lipinski definition) is 2. The van der Waals surface area contributed by atoms with Crippen LogP contribution in [0.5, 0.6) is 0 Å². The first kappa shape index (κ1) is 10.3.